The molecule has 5 heteroatoms. The van der Waals surface area contributed by atoms with Gasteiger partial charge in [-0.15, -0.1) is 11.3 Å². The topological polar surface area (TPSA) is 37.8 Å². The first-order valence-corrected chi connectivity index (χ1v) is 7.53. The molecule has 19 heavy (non-hydrogen) atoms. The van der Waals surface area contributed by atoms with Gasteiger partial charge in [0.1, 0.15) is 5.52 Å². The van der Waals surface area contributed by atoms with E-state index in [4.69, 9.17) is 0 Å². The minimum atomic E-state index is 0.815. The first-order chi connectivity index (χ1) is 9.22. The summed E-state index contributed by atoms with van der Waals surface area (Å²) in [4.78, 5) is 11.4. The molecule has 3 aromatic heterocycles. The molecule has 0 aliphatic rings. The highest BCUT2D eigenvalue weighted by molar-refractivity contribution is 9.10. The fourth-order valence-electron chi connectivity index (χ4n) is 1.91. The number of aryl methyl sites for hydroxylation is 1. The van der Waals surface area contributed by atoms with Crippen LogP contribution in [0.3, 0.4) is 0 Å². The average molecular weight is 334 g/mol. The van der Waals surface area contributed by atoms with E-state index in [9.17, 15) is 0 Å². The Labute approximate surface area is 123 Å². The van der Waals surface area contributed by atoms with Gasteiger partial charge in [0.05, 0.1) is 11.2 Å². The summed E-state index contributed by atoms with van der Waals surface area (Å²) in [6.45, 7) is 2.93. The van der Waals surface area contributed by atoms with Crippen LogP contribution in [0.2, 0.25) is 0 Å². The molecular weight excluding hydrogens is 322 g/mol. The van der Waals surface area contributed by atoms with Gasteiger partial charge in [-0.25, -0.2) is 0 Å². The van der Waals surface area contributed by atoms with E-state index < -0.39 is 0 Å². The molecule has 3 rings (SSSR count). The molecule has 0 amide bonds. The van der Waals surface area contributed by atoms with Gasteiger partial charge in [0.15, 0.2) is 0 Å². The summed E-state index contributed by atoms with van der Waals surface area (Å²) in [5.74, 6) is 0. The molecule has 0 atom stereocenters. The van der Waals surface area contributed by atoms with Crippen LogP contribution in [0.1, 0.15) is 9.75 Å². The van der Waals surface area contributed by atoms with Crippen molar-refractivity contribution < 1.29 is 0 Å². The van der Waals surface area contributed by atoms with Crippen LogP contribution in [-0.2, 0) is 6.54 Å². The number of aromatic nitrogens is 2. The van der Waals surface area contributed by atoms with Gasteiger partial charge in [-0.2, -0.15) is 0 Å². The van der Waals surface area contributed by atoms with Gasteiger partial charge in [0, 0.05) is 33.2 Å². The Balaban J connectivity index is 1.88. The quantitative estimate of drug-likeness (QED) is 0.773. The molecule has 0 aromatic carbocycles. The van der Waals surface area contributed by atoms with E-state index in [1.54, 1.807) is 12.4 Å². The number of pyridine rings is 2. The van der Waals surface area contributed by atoms with E-state index in [0.717, 1.165) is 27.7 Å². The van der Waals surface area contributed by atoms with E-state index in [-0.39, 0.29) is 0 Å². The molecule has 3 heterocycles. The number of anilines is 1. The van der Waals surface area contributed by atoms with Crippen LogP contribution in [-0.4, -0.2) is 9.97 Å². The standard InChI is InChI=1S/C14H12BrN3S/c1-9-2-3-11(19-9)8-17-12-4-5-16-13-6-10(15)7-18-14(12)13/h2-7H,8H2,1H3,(H,16,17). The van der Waals surface area contributed by atoms with Crippen molar-refractivity contribution in [2.24, 2.45) is 0 Å². The van der Waals surface area contributed by atoms with E-state index in [0.29, 0.717) is 0 Å². The molecule has 0 fully saturated rings. The molecule has 0 aliphatic carbocycles. The molecule has 3 aromatic rings. The predicted molar refractivity (Wildman–Crippen MR) is 83.6 cm³/mol. The van der Waals surface area contributed by atoms with Crippen molar-refractivity contribution in [3.8, 4) is 0 Å². The SMILES string of the molecule is Cc1ccc(CNc2ccnc3cc(Br)cnc23)s1. The fraction of sp³-hybridized carbons (Fsp3) is 0.143. The number of hydrogen-bond donors (Lipinski definition) is 1. The zero-order valence-corrected chi connectivity index (χ0v) is 12.8. The van der Waals surface area contributed by atoms with E-state index in [2.05, 4.69) is 50.3 Å². The van der Waals surface area contributed by atoms with E-state index in [1.807, 2.05) is 23.5 Å². The van der Waals surface area contributed by atoms with Crippen LogP contribution >= 0.6 is 27.3 Å². The van der Waals surface area contributed by atoms with Crippen LogP contribution < -0.4 is 5.32 Å². The smallest absolute Gasteiger partial charge is 0.112 e. The Hall–Kier alpha value is -1.46. The molecule has 0 bridgehead atoms. The van der Waals surface area contributed by atoms with Crippen molar-refractivity contribution in [1.82, 2.24) is 9.97 Å². The molecule has 1 N–H and O–H groups in total. The second kappa shape index (κ2) is 5.27. The van der Waals surface area contributed by atoms with E-state index >= 15 is 0 Å². The number of nitrogens with one attached hydrogen (secondary N) is 1. The fourth-order valence-corrected chi connectivity index (χ4v) is 3.06. The summed E-state index contributed by atoms with van der Waals surface area (Å²) in [6, 6.07) is 8.23. The number of rotatable bonds is 3. The Morgan fingerprint density at radius 1 is 1.26 bits per heavy atom. The van der Waals surface area contributed by atoms with Gasteiger partial charge < -0.3 is 5.32 Å². The van der Waals surface area contributed by atoms with Gasteiger partial charge >= 0.3 is 0 Å². The number of hydrogen-bond acceptors (Lipinski definition) is 4. The van der Waals surface area contributed by atoms with Crippen molar-refractivity contribution in [3.63, 3.8) is 0 Å². The largest absolute Gasteiger partial charge is 0.378 e. The van der Waals surface area contributed by atoms with Gasteiger partial charge in [-0.3, -0.25) is 9.97 Å². The number of fused-ring (bicyclic) bond motifs is 1. The zero-order chi connectivity index (χ0) is 13.2. The molecule has 0 saturated carbocycles. The molecule has 3 nitrogen and oxygen atoms in total. The molecular formula is C14H12BrN3S. The van der Waals surface area contributed by atoms with Crippen molar-refractivity contribution in [1.29, 1.82) is 0 Å². The highest BCUT2D eigenvalue weighted by Gasteiger charge is 2.04. The van der Waals surface area contributed by atoms with Crippen LogP contribution in [0, 0.1) is 6.92 Å². The third-order valence-electron chi connectivity index (χ3n) is 2.79. The number of thiophene rings is 1. The monoisotopic (exact) mass is 333 g/mol. The van der Waals surface area contributed by atoms with Crippen molar-refractivity contribution >= 4 is 44.0 Å². The predicted octanol–water partition coefficient (Wildman–Crippen LogP) is 4.37. The first-order valence-electron chi connectivity index (χ1n) is 5.92. The second-order valence-electron chi connectivity index (χ2n) is 4.25. The Morgan fingerprint density at radius 3 is 2.95 bits per heavy atom. The molecule has 0 radical (unpaired) electrons. The minimum Gasteiger partial charge on any atom is -0.378 e. The minimum absolute atomic E-state index is 0.815. The van der Waals surface area contributed by atoms with Crippen molar-refractivity contribution in [2.45, 2.75) is 13.5 Å². The normalized spacial score (nSPS) is 10.8. The Kier molecular flexibility index (Phi) is 3.48. The summed E-state index contributed by atoms with van der Waals surface area (Å²) < 4.78 is 0.943. The number of halogens is 1. The average Bonchev–Trinajstić information content (AvgIpc) is 2.81. The van der Waals surface area contributed by atoms with Crippen LogP contribution in [0.25, 0.3) is 11.0 Å². The third-order valence-corrected chi connectivity index (χ3v) is 4.23. The van der Waals surface area contributed by atoms with Crippen molar-refractivity contribution in [2.75, 3.05) is 5.32 Å². The van der Waals surface area contributed by atoms with Gasteiger partial charge in [0.25, 0.3) is 0 Å². The van der Waals surface area contributed by atoms with Gasteiger partial charge in [-0.1, -0.05) is 0 Å². The summed E-state index contributed by atoms with van der Waals surface area (Å²) in [5, 5.41) is 3.43. The summed E-state index contributed by atoms with van der Waals surface area (Å²) in [7, 11) is 0. The van der Waals surface area contributed by atoms with Crippen molar-refractivity contribution in [3.05, 3.63) is 50.9 Å². The zero-order valence-electron chi connectivity index (χ0n) is 10.4. The molecule has 0 saturated heterocycles. The highest BCUT2D eigenvalue weighted by Crippen LogP contribution is 2.23. The van der Waals surface area contributed by atoms with Crippen LogP contribution in [0.5, 0.6) is 0 Å². The molecule has 0 aliphatic heterocycles. The van der Waals surface area contributed by atoms with Gasteiger partial charge in [-0.05, 0) is 47.1 Å². The molecule has 0 spiro atoms. The number of nitrogens with zero attached hydrogens (tertiary/aromatic N) is 2. The lowest BCUT2D eigenvalue weighted by molar-refractivity contribution is 1.18. The summed E-state index contributed by atoms with van der Waals surface area (Å²) in [6.07, 6.45) is 3.60. The lowest BCUT2D eigenvalue weighted by atomic mass is 10.3. The summed E-state index contributed by atoms with van der Waals surface area (Å²) in [5.41, 5.74) is 2.81. The Morgan fingerprint density at radius 2 is 2.16 bits per heavy atom. The maximum atomic E-state index is 4.43. The van der Waals surface area contributed by atoms with Crippen LogP contribution in [0.15, 0.2) is 41.1 Å². The second-order valence-corrected chi connectivity index (χ2v) is 6.53. The molecule has 96 valence electrons. The van der Waals surface area contributed by atoms with E-state index in [1.165, 1.54) is 9.75 Å². The maximum Gasteiger partial charge on any atom is 0.112 e. The maximum absolute atomic E-state index is 4.43. The Bertz CT molecular complexity index is 724. The van der Waals surface area contributed by atoms with Gasteiger partial charge in [0.2, 0.25) is 0 Å². The third kappa shape index (κ3) is 2.77. The summed E-state index contributed by atoms with van der Waals surface area (Å²) >= 11 is 5.22. The highest BCUT2D eigenvalue weighted by atomic mass is 79.9. The lowest BCUT2D eigenvalue weighted by Crippen LogP contribution is -1.99. The molecule has 0 unspecified atom stereocenters. The lowest BCUT2D eigenvalue weighted by Gasteiger charge is -2.07. The first kappa shape index (κ1) is 12.6. The van der Waals surface area contributed by atoms with Crippen LogP contribution in [0.4, 0.5) is 5.69 Å².